The minimum absolute atomic E-state index is 0.0588. The minimum atomic E-state index is -0.0588. The number of methoxy groups -OCH3 is 1. The van der Waals surface area contributed by atoms with Crippen LogP contribution in [0.5, 0.6) is 5.75 Å². The van der Waals surface area contributed by atoms with Crippen LogP contribution >= 0.6 is 0 Å². The van der Waals surface area contributed by atoms with E-state index in [4.69, 9.17) is 9.47 Å². The van der Waals surface area contributed by atoms with Gasteiger partial charge < -0.3 is 19.7 Å². The largest absolute Gasteiger partial charge is 0.491 e. The maximum atomic E-state index is 12.4. The molecule has 1 aliphatic heterocycles. The second-order valence-corrected chi connectivity index (χ2v) is 7.65. The maximum Gasteiger partial charge on any atom is 0.251 e. The molecule has 1 aliphatic rings. The average Bonchev–Trinajstić information content (AvgIpc) is 2.77. The van der Waals surface area contributed by atoms with Crippen LogP contribution in [-0.4, -0.2) is 70.4 Å². The average molecular weight is 412 g/mol. The van der Waals surface area contributed by atoms with Crippen molar-refractivity contribution in [2.24, 2.45) is 0 Å². The Bertz CT molecular complexity index is 804. The highest BCUT2D eigenvalue weighted by Gasteiger charge is 2.17. The molecule has 6 heteroatoms. The molecule has 0 aliphatic carbocycles. The molecule has 0 saturated carbocycles. The zero-order chi connectivity index (χ0) is 21.2. The number of aryl methyl sites for hydroxylation is 1. The topological polar surface area (TPSA) is 54.0 Å². The van der Waals surface area contributed by atoms with Crippen LogP contribution in [0.25, 0.3) is 0 Å². The van der Waals surface area contributed by atoms with Gasteiger partial charge in [-0.1, -0.05) is 18.2 Å². The third-order valence-electron chi connectivity index (χ3n) is 5.33. The summed E-state index contributed by atoms with van der Waals surface area (Å²) in [5.74, 6) is 0.627. The zero-order valence-corrected chi connectivity index (χ0v) is 18.1. The van der Waals surface area contributed by atoms with Gasteiger partial charge in [-0.3, -0.25) is 9.69 Å². The zero-order valence-electron chi connectivity index (χ0n) is 18.1. The summed E-state index contributed by atoms with van der Waals surface area (Å²) >= 11 is 0. The van der Waals surface area contributed by atoms with Gasteiger partial charge in [0.1, 0.15) is 12.4 Å². The van der Waals surface area contributed by atoms with Crippen molar-refractivity contribution < 1.29 is 14.3 Å². The fourth-order valence-corrected chi connectivity index (χ4v) is 3.63. The molecular formula is C24H33N3O3. The van der Waals surface area contributed by atoms with E-state index < -0.39 is 0 Å². The van der Waals surface area contributed by atoms with Gasteiger partial charge in [0.2, 0.25) is 0 Å². The highest BCUT2D eigenvalue weighted by molar-refractivity contribution is 5.94. The maximum absolute atomic E-state index is 12.4. The number of amides is 1. The molecule has 2 aromatic carbocycles. The fourth-order valence-electron chi connectivity index (χ4n) is 3.63. The van der Waals surface area contributed by atoms with Crippen LogP contribution in [0.1, 0.15) is 22.3 Å². The summed E-state index contributed by atoms with van der Waals surface area (Å²) in [6, 6.07) is 16.0. The van der Waals surface area contributed by atoms with Crippen LogP contribution in [0, 0.1) is 6.92 Å². The van der Waals surface area contributed by atoms with Crippen molar-refractivity contribution in [3.05, 3.63) is 59.7 Å². The van der Waals surface area contributed by atoms with E-state index >= 15 is 0 Å². The summed E-state index contributed by atoms with van der Waals surface area (Å²) < 4.78 is 10.6. The van der Waals surface area contributed by atoms with Gasteiger partial charge >= 0.3 is 0 Å². The molecule has 3 rings (SSSR count). The number of anilines is 1. The first kappa shape index (κ1) is 22.1. The number of hydrogen-bond acceptors (Lipinski definition) is 5. The Morgan fingerprint density at radius 3 is 2.60 bits per heavy atom. The normalized spacial score (nSPS) is 14.5. The molecule has 0 atom stereocenters. The highest BCUT2D eigenvalue weighted by atomic mass is 16.5. The minimum Gasteiger partial charge on any atom is -0.491 e. The van der Waals surface area contributed by atoms with Crippen LogP contribution in [0.2, 0.25) is 0 Å². The Balaban J connectivity index is 1.34. The summed E-state index contributed by atoms with van der Waals surface area (Å²) in [6.07, 6.45) is 0.945. The van der Waals surface area contributed by atoms with Gasteiger partial charge in [0, 0.05) is 51.1 Å². The third-order valence-corrected chi connectivity index (χ3v) is 5.33. The van der Waals surface area contributed by atoms with Gasteiger partial charge in [0.15, 0.2) is 0 Å². The number of rotatable bonds is 10. The number of nitrogens with one attached hydrogen (secondary N) is 1. The lowest BCUT2D eigenvalue weighted by atomic mass is 10.2. The highest BCUT2D eigenvalue weighted by Crippen LogP contribution is 2.18. The first-order chi connectivity index (χ1) is 14.7. The molecule has 1 heterocycles. The Hall–Kier alpha value is -2.57. The first-order valence-corrected chi connectivity index (χ1v) is 10.7. The molecule has 30 heavy (non-hydrogen) atoms. The van der Waals surface area contributed by atoms with E-state index in [1.165, 1.54) is 11.3 Å². The van der Waals surface area contributed by atoms with Gasteiger partial charge in [-0.25, -0.2) is 0 Å². The summed E-state index contributed by atoms with van der Waals surface area (Å²) in [4.78, 5) is 17.3. The Morgan fingerprint density at radius 1 is 1.03 bits per heavy atom. The molecule has 0 bridgehead atoms. The van der Waals surface area contributed by atoms with Crippen molar-refractivity contribution in [3.63, 3.8) is 0 Å². The number of carbonyl (C=O) groups excluding carboxylic acids is 1. The summed E-state index contributed by atoms with van der Waals surface area (Å²) in [6.45, 7) is 9.02. The third kappa shape index (κ3) is 6.75. The van der Waals surface area contributed by atoms with Gasteiger partial charge in [-0.2, -0.15) is 0 Å². The predicted molar refractivity (Wildman–Crippen MR) is 121 cm³/mol. The second kappa shape index (κ2) is 11.6. The van der Waals surface area contributed by atoms with E-state index in [1.807, 2.05) is 18.2 Å². The first-order valence-electron chi connectivity index (χ1n) is 10.7. The second-order valence-electron chi connectivity index (χ2n) is 7.65. The SMILES string of the molecule is COCCOc1cccc(C(=O)NCCCN2CCN(c3cccc(C)c3)CC2)c1. The standard InChI is InChI=1S/C24H33N3O3/c1-20-6-3-8-22(18-20)27-14-12-26(13-15-27)11-5-10-25-24(28)21-7-4-9-23(19-21)30-17-16-29-2/h3-4,6-9,18-19H,5,10-17H2,1-2H3,(H,25,28). The number of piperazine rings is 1. The lowest BCUT2D eigenvalue weighted by molar-refractivity contribution is 0.0950. The summed E-state index contributed by atoms with van der Waals surface area (Å²) in [5.41, 5.74) is 3.24. The molecule has 1 N–H and O–H groups in total. The molecule has 1 fully saturated rings. The van der Waals surface area contributed by atoms with Crippen LogP contribution in [0.15, 0.2) is 48.5 Å². The van der Waals surface area contributed by atoms with Gasteiger partial charge in [-0.15, -0.1) is 0 Å². The monoisotopic (exact) mass is 411 g/mol. The molecule has 0 unspecified atom stereocenters. The quantitative estimate of drug-likeness (QED) is 0.609. The van der Waals surface area contributed by atoms with Crippen molar-refractivity contribution in [1.82, 2.24) is 10.2 Å². The van der Waals surface area contributed by atoms with Crippen molar-refractivity contribution in [2.45, 2.75) is 13.3 Å². The van der Waals surface area contributed by atoms with Gasteiger partial charge in [0.25, 0.3) is 5.91 Å². The lowest BCUT2D eigenvalue weighted by Crippen LogP contribution is -2.47. The Morgan fingerprint density at radius 2 is 1.83 bits per heavy atom. The number of nitrogens with zero attached hydrogens (tertiary/aromatic N) is 2. The van der Waals surface area contributed by atoms with Crippen LogP contribution in [-0.2, 0) is 4.74 Å². The molecule has 6 nitrogen and oxygen atoms in total. The number of benzene rings is 2. The molecule has 0 aromatic heterocycles. The van der Waals surface area contributed by atoms with Crippen molar-refractivity contribution in [2.75, 3.05) is 64.5 Å². The van der Waals surface area contributed by atoms with Crippen LogP contribution < -0.4 is 15.0 Å². The predicted octanol–water partition coefficient (Wildman–Crippen LogP) is 2.96. The number of hydrogen-bond donors (Lipinski definition) is 1. The van der Waals surface area contributed by atoms with E-state index in [9.17, 15) is 4.79 Å². The lowest BCUT2D eigenvalue weighted by Gasteiger charge is -2.36. The van der Waals surface area contributed by atoms with Gasteiger partial charge in [0.05, 0.1) is 6.61 Å². The van der Waals surface area contributed by atoms with Crippen LogP contribution in [0.3, 0.4) is 0 Å². The van der Waals surface area contributed by atoms with Crippen LogP contribution in [0.4, 0.5) is 5.69 Å². The van der Waals surface area contributed by atoms with Crippen molar-refractivity contribution >= 4 is 11.6 Å². The number of carbonyl (C=O) groups is 1. The fraction of sp³-hybridized carbons (Fsp3) is 0.458. The van der Waals surface area contributed by atoms with E-state index in [0.29, 0.717) is 31.1 Å². The van der Waals surface area contributed by atoms with Gasteiger partial charge in [-0.05, 0) is 55.8 Å². The molecule has 0 radical (unpaired) electrons. The molecule has 1 amide bonds. The molecular weight excluding hydrogens is 378 g/mol. The Labute approximate surface area is 179 Å². The molecule has 1 saturated heterocycles. The van der Waals surface area contributed by atoms with E-state index in [0.717, 1.165) is 39.1 Å². The van der Waals surface area contributed by atoms with Crippen molar-refractivity contribution in [3.8, 4) is 5.75 Å². The van der Waals surface area contributed by atoms with E-state index in [1.54, 1.807) is 13.2 Å². The van der Waals surface area contributed by atoms with E-state index in [2.05, 4.69) is 46.3 Å². The number of ether oxygens (including phenoxy) is 2. The smallest absolute Gasteiger partial charge is 0.251 e. The molecule has 162 valence electrons. The van der Waals surface area contributed by atoms with E-state index in [-0.39, 0.29) is 5.91 Å². The summed E-state index contributed by atoms with van der Waals surface area (Å²) in [7, 11) is 1.64. The van der Waals surface area contributed by atoms with Crippen molar-refractivity contribution in [1.29, 1.82) is 0 Å². The Kier molecular flexibility index (Phi) is 8.53. The molecule has 2 aromatic rings. The summed E-state index contributed by atoms with van der Waals surface area (Å²) in [5, 5.41) is 3.02. The molecule has 0 spiro atoms.